The van der Waals surface area contributed by atoms with Gasteiger partial charge in [0.05, 0.1) is 48.8 Å². The monoisotopic (exact) mass is 733 g/mol. The van der Waals surface area contributed by atoms with Crippen molar-refractivity contribution in [3.05, 3.63) is 93.4 Å². The number of hydrogen-bond acceptors (Lipinski definition) is 8. The number of aromatic nitrogens is 5. The Balaban J connectivity index is 1.38. The number of rotatable bonds is 3. The molecule has 0 aliphatic carbocycles. The van der Waals surface area contributed by atoms with E-state index >= 15 is 0 Å². The van der Waals surface area contributed by atoms with Gasteiger partial charge in [0.25, 0.3) is 0 Å². The number of aliphatic hydroxyl groups excluding tert-OH is 1. The lowest BCUT2D eigenvalue weighted by atomic mass is 9.98. The van der Waals surface area contributed by atoms with Crippen LogP contribution in [0.2, 0.25) is 5.02 Å². The van der Waals surface area contributed by atoms with Crippen LogP contribution in [0.15, 0.2) is 53.4 Å². The predicted molar refractivity (Wildman–Crippen MR) is 198 cm³/mol. The summed E-state index contributed by atoms with van der Waals surface area (Å²) < 4.78 is 31.7. The fourth-order valence-electron chi connectivity index (χ4n) is 6.89. The Hall–Kier alpha value is -3.97. The first kappa shape index (κ1) is 34.5. The topological polar surface area (TPSA) is 96.3 Å². The van der Waals surface area contributed by atoms with E-state index in [2.05, 4.69) is 6.07 Å². The molecule has 13 heteroatoms. The highest BCUT2D eigenvalue weighted by Gasteiger charge is 2.28. The second kappa shape index (κ2) is 14.3. The molecule has 0 spiro atoms. The molecule has 0 atom stereocenters. The largest absolute Gasteiger partial charge is 0.493 e. The van der Waals surface area contributed by atoms with Crippen molar-refractivity contribution in [2.24, 2.45) is 14.1 Å². The van der Waals surface area contributed by atoms with Crippen LogP contribution in [-0.2, 0) is 49.1 Å². The summed E-state index contributed by atoms with van der Waals surface area (Å²) in [6.45, 7) is 2.65. The van der Waals surface area contributed by atoms with Crippen LogP contribution in [0, 0.1) is 12.7 Å². The molecule has 0 amide bonds. The van der Waals surface area contributed by atoms with Crippen LogP contribution < -0.4 is 4.74 Å². The number of carbonyl (C=O) groups excluding carboxylic acids is 1. The van der Waals surface area contributed by atoms with Crippen molar-refractivity contribution in [3.63, 3.8) is 0 Å². The third-order valence-electron chi connectivity index (χ3n) is 9.21. The van der Waals surface area contributed by atoms with Gasteiger partial charge in [0.1, 0.15) is 17.3 Å². The van der Waals surface area contributed by atoms with Crippen molar-refractivity contribution < 1.29 is 23.8 Å². The van der Waals surface area contributed by atoms with Gasteiger partial charge in [-0.2, -0.15) is 10.2 Å². The van der Waals surface area contributed by atoms with E-state index in [4.69, 9.17) is 31.3 Å². The van der Waals surface area contributed by atoms with Crippen molar-refractivity contribution in [1.29, 1.82) is 0 Å². The van der Waals surface area contributed by atoms with E-state index in [9.17, 15) is 14.3 Å². The molecule has 7 rings (SSSR count). The number of thioether (sulfide) groups is 2. The maximum atomic E-state index is 14.3. The quantitative estimate of drug-likeness (QED) is 0.184. The Morgan fingerprint density at radius 1 is 1.06 bits per heavy atom. The zero-order chi connectivity index (χ0) is 35.1. The van der Waals surface area contributed by atoms with Gasteiger partial charge in [-0.3, -0.25) is 9.36 Å². The third kappa shape index (κ3) is 6.38. The average Bonchev–Trinajstić information content (AvgIpc) is 3.70. The van der Waals surface area contributed by atoms with E-state index in [0.29, 0.717) is 59.7 Å². The molecule has 6 aromatic rings. The average molecular weight is 734 g/mol. The first-order valence-corrected chi connectivity index (χ1v) is 18.8. The fraction of sp³-hybridized carbons (Fsp3) is 0.324. The highest BCUT2D eigenvalue weighted by atomic mass is 35.5. The first-order chi connectivity index (χ1) is 24.2. The highest BCUT2D eigenvalue weighted by molar-refractivity contribution is 7.98. The summed E-state index contributed by atoms with van der Waals surface area (Å²) in [5.41, 5.74) is 7.53. The highest BCUT2D eigenvalue weighted by Crippen LogP contribution is 2.43. The number of fused-ring (bicyclic) bond motifs is 8. The van der Waals surface area contributed by atoms with E-state index < -0.39 is 5.97 Å². The lowest BCUT2D eigenvalue weighted by Gasteiger charge is -2.13. The minimum absolute atomic E-state index is 0.0552. The van der Waals surface area contributed by atoms with E-state index in [1.165, 1.54) is 19.2 Å². The van der Waals surface area contributed by atoms with Crippen molar-refractivity contribution in [1.82, 2.24) is 24.1 Å². The lowest BCUT2D eigenvalue weighted by molar-refractivity contribution is 0.0589. The second-order valence-electron chi connectivity index (χ2n) is 12.3. The number of methoxy groups -OCH3 is 1. The zero-order valence-corrected chi connectivity index (χ0v) is 30.6. The molecule has 1 aliphatic rings. The van der Waals surface area contributed by atoms with Crippen LogP contribution in [-0.4, -0.2) is 55.5 Å². The van der Waals surface area contributed by atoms with E-state index in [1.54, 1.807) is 29.6 Å². The van der Waals surface area contributed by atoms with Gasteiger partial charge in [-0.1, -0.05) is 17.7 Å². The van der Waals surface area contributed by atoms with E-state index in [-0.39, 0.29) is 12.4 Å². The SMILES string of the molecule is COC(=O)c1c2c3ccc(Cl)c(c3n1C)-c1c(nn(CCO)c1C)CSCc1cc(n(C)n1)CSc1cc(c3ccc(F)cc3c1)OCCC2. The molecule has 0 saturated carbocycles. The van der Waals surface area contributed by atoms with Gasteiger partial charge in [0.2, 0.25) is 0 Å². The summed E-state index contributed by atoms with van der Waals surface area (Å²) >= 11 is 10.4. The van der Waals surface area contributed by atoms with Crippen LogP contribution in [0.5, 0.6) is 5.75 Å². The Morgan fingerprint density at radius 3 is 2.68 bits per heavy atom. The normalized spacial score (nSPS) is 14.1. The van der Waals surface area contributed by atoms with E-state index in [1.807, 2.05) is 59.2 Å². The van der Waals surface area contributed by atoms with Gasteiger partial charge in [-0.05, 0) is 73.2 Å². The number of halogens is 2. The molecule has 0 radical (unpaired) electrons. The van der Waals surface area contributed by atoms with E-state index in [0.717, 1.165) is 66.0 Å². The summed E-state index contributed by atoms with van der Waals surface area (Å²) in [5.74, 6) is 1.86. The molecular formula is C37H37ClFN5O4S2. The number of nitrogens with zero attached hydrogens (tertiary/aromatic N) is 5. The van der Waals surface area contributed by atoms with Gasteiger partial charge >= 0.3 is 5.97 Å². The molecule has 50 heavy (non-hydrogen) atoms. The first-order valence-electron chi connectivity index (χ1n) is 16.3. The summed E-state index contributed by atoms with van der Waals surface area (Å²) in [7, 11) is 5.20. The Labute approximate surface area is 302 Å². The summed E-state index contributed by atoms with van der Waals surface area (Å²) in [5, 5.41) is 22.6. The molecule has 8 bridgehead atoms. The van der Waals surface area contributed by atoms with Gasteiger partial charge in [-0.15, -0.1) is 23.5 Å². The molecule has 3 aromatic carbocycles. The Kier molecular flexibility index (Phi) is 9.89. The molecule has 0 unspecified atom stereocenters. The lowest BCUT2D eigenvalue weighted by Crippen LogP contribution is -2.11. The molecule has 0 fully saturated rings. The number of aliphatic hydroxyl groups is 1. The number of benzene rings is 3. The van der Waals surface area contributed by atoms with Gasteiger partial charge in [0, 0.05) is 69.5 Å². The molecule has 4 heterocycles. The molecule has 1 aliphatic heterocycles. The summed E-state index contributed by atoms with van der Waals surface area (Å²) in [6.07, 6.45) is 1.15. The van der Waals surface area contributed by atoms with Crippen LogP contribution >= 0.6 is 35.1 Å². The zero-order valence-electron chi connectivity index (χ0n) is 28.3. The minimum atomic E-state index is -0.438. The predicted octanol–water partition coefficient (Wildman–Crippen LogP) is 7.86. The van der Waals surface area contributed by atoms with Crippen molar-refractivity contribution >= 4 is 62.8 Å². The van der Waals surface area contributed by atoms with Gasteiger partial charge in [-0.25, -0.2) is 9.18 Å². The Morgan fingerprint density at radius 2 is 1.88 bits per heavy atom. The van der Waals surface area contributed by atoms with Crippen molar-refractivity contribution in [2.75, 3.05) is 20.3 Å². The fourth-order valence-corrected chi connectivity index (χ4v) is 8.98. The molecule has 0 saturated heterocycles. The number of aryl methyl sites for hydroxylation is 3. The van der Waals surface area contributed by atoms with Crippen LogP contribution in [0.3, 0.4) is 0 Å². The maximum absolute atomic E-state index is 14.3. The molecule has 260 valence electrons. The van der Waals surface area contributed by atoms with Crippen molar-refractivity contribution in [3.8, 4) is 16.9 Å². The maximum Gasteiger partial charge on any atom is 0.354 e. The minimum Gasteiger partial charge on any atom is -0.493 e. The van der Waals surface area contributed by atoms with Crippen molar-refractivity contribution in [2.45, 2.75) is 48.5 Å². The summed E-state index contributed by atoms with van der Waals surface area (Å²) in [4.78, 5) is 14.3. The Bertz CT molecular complexity index is 2260. The molecular weight excluding hydrogens is 697 g/mol. The summed E-state index contributed by atoms with van der Waals surface area (Å²) in [6, 6.07) is 14.7. The van der Waals surface area contributed by atoms with Crippen LogP contribution in [0.1, 0.15) is 45.2 Å². The van der Waals surface area contributed by atoms with Gasteiger partial charge in [0.15, 0.2) is 0 Å². The number of ether oxygens (including phenoxy) is 2. The third-order valence-corrected chi connectivity index (χ3v) is 11.5. The van der Waals surface area contributed by atoms with Crippen LogP contribution in [0.25, 0.3) is 32.8 Å². The van der Waals surface area contributed by atoms with Gasteiger partial charge < -0.3 is 19.1 Å². The smallest absolute Gasteiger partial charge is 0.354 e. The standard InChI is InChI=1S/C37H37ClFN5O4S2/c1-21-33-31(41-44(21)11-12-45)20-49-18-24-16-25(43(3)40-24)19-50-26-15-22-14-23(39)7-8-27(22)32(17-26)48-13-5-6-28-29-9-10-30(38)34(33)35(29)42(2)36(28)37(46)47-4/h7-10,14-17,45H,5-6,11-13,18-20H2,1-4H3. The number of hydrogen-bond donors (Lipinski definition) is 1. The van der Waals surface area contributed by atoms with Crippen LogP contribution in [0.4, 0.5) is 4.39 Å². The molecule has 9 nitrogen and oxygen atoms in total. The molecule has 3 aromatic heterocycles. The molecule has 1 N–H and O–H groups in total. The second-order valence-corrected chi connectivity index (χ2v) is 14.8. The number of carbonyl (C=O) groups is 1. The number of esters is 1.